The molecule has 1 aliphatic heterocycles. The van der Waals surface area contributed by atoms with Crippen LogP contribution in [-0.2, 0) is 0 Å². The number of carbonyl (C=O) groups is 1. The maximum Gasteiger partial charge on any atom is 0.407 e. The Morgan fingerprint density at radius 1 is 1.53 bits per heavy atom. The molecule has 3 N–H and O–H groups in total. The van der Waals surface area contributed by atoms with E-state index in [4.69, 9.17) is 10.8 Å². The molecule has 2 rings (SSSR count). The first-order chi connectivity index (χ1) is 8.81. The van der Waals surface area contributed by atoms with E-state index in [0.29, 0.717) is 25.3 Å². The number of pyridine rings is 1. The molecule has 6 nitrogen and oxygen atoms in total. The molecule has 1 fully saturated rings. The van der Waals surface area contributed by atoms with Crippen molar-refractivity contribution in [3.8, 4) is 0 Å². The fourth-order valence-electron chi connectivity index (χ4n) is 2.34. The summed E-state index contributed by atoms with van der Waals surface area (Å²) in [5.41, 5.74) is 5.42. The predicted octanol–water partition coefficient (Wildman–Crippen LogP) is 1.38. The van der Waals surface area contributed by atoms with E-state index in [1.165, 1.54) is 17.2 Å². The Balaban J connectivity index is 2.20. The van der Waals surface area contributed by atoms with E-state index in [1.54, 1.807) is 0 Å². The van der Waals surface area contributed by atoms with E-state index in [1.807, 2.05) is 18.7 Å². The summed E-state index contributed by atoms with van der Waals surface area (Å²) in [6.45, 7) is 5.03. The van der Waals surface area contributed by atoms with Crippen LogP contribution in [0.4, 0.5) is 20.7 Å². The zero-order valence-corrected chi connectivity index (χ0v) is 10.9. The molecule has 1 saturated heterocycles. The van der Waals surface area contributed by atoms with Crippen LogP contribution in [0.5, 0.6) is 0 Å². The first-order valence-corrected chi connectivity index (χ1v) is 5.98. The quantitative estimate of drug-likeness (QED) is 0.804. The minimum absolute atomic E-state index is 0.132. The van der Waals surface area contributed by atoms with Crippen molar-refractivity contribution in [3.63, 3.8) is 0 Å². The maximum absolute atomic E-state index is 13.4. The van der Waals surface area contributed by atoms with Crippen molar-refractivity contribution in [2.45, 2.75) is 19.4 Å². The number of halogens is 1. The van der Waals surface area contributed by atoms with E-state index in [9.17, 15) is 9.18 Å². The fourth-order valence-corrected chi connectivity index (χ4v) is 2.34. The van der Waals surface area contributed by atoms with Crippen LogP contribution in [0.15, 0.2) is 12.3 Å². The number of piperazine rings is 1. The number of rotatable bonds is 1. The smallest absolute Gasteiger partial charge is 0.407 e. The highest BCUT2D eigenvalue weighted by Gasteiger charge is 2.37. The van der Waals surface area contributed by atoms with Crippen LogP contribution in [0.2, 0.25) is 0 Å². The van der Waals surface area contributed by atoms with Gasteiger partial charge in [-0.1, -0.05) is 0 Å². The number of hydrogen-bond acceptors (Lipinski definition) is 4. The maximum atomic E-state index is 13.4. The zero-order valence-electron chi connectivity index (χ0n) is 10.9. The Morgan fingerprint density at radius 3 is 2.74 bits per heavy atom. The predicted molar refractivity (Wildman–Crippen MR) is 69.6 cm³/mol. The van der Waals surface area contributed by atoms with Crippen molar-refractivity contribution in [1.29, 1.82) is 0 Å². The number of nitrogens with two attached hydrogens (primary N) is 1. The van der Waals surface area contributed by atoms with E-state index in [-0.39, 0.29) is 5.82 Å². The lowest BCUT2D eigenvalue weighted by Crippen LogP contribution is -2.61. The van der Waals surface area contributed by atoms with Crippen molar-refractivity contribution >= 4 is 17.6 Å². The van der Waals surface area contributed by atoms with Gasteiger partial charge in [0.25, 0.3) is 0 Å². The van der Waals surface area contributed by atoms with E-state index in [2.05, 4.69) is 4.98 Å². The van der Waals surface area contributed by atoms with Crippen molar-refractivity contribution in [3.05, 3.63) is 18.1 Å². The fraction of sp³-hybridized carbons (Fsp3) is 0.500. The highest BCUT2D eigenvalue weighted by Crippen LogP contribution is 2.26. The van der Waals surface area contributed by atoms with Gasteiger partial charge in [-0.25, -0.2) is 14.2 Å². The van der Waals surface area contributed by atoms with Gasteiger partial charge in [-0.2, -0.15) is 0 Å². The van der Waals surface area contributed by atoms with Crippen LogP contribution in [-0.4, -0.2) is 46.3 Å². The van der Waals surface area contributed by atoms with E-state index < -0.39 is 17.4 Å². The van der Waals surface area contributed by atoms with Gasteiger partial charge in [0.2, 0.25) is 0 Å². The Bertz CT molecular complexity index is 507. The standard InChI is InChI=1S/C12H17FN4O2/c1-12(2)7-16(3-4-17(12)11(18)19)8-5-9(13)10(14)15-6-8/h5-6H,3-4,7H2,1-2H3,(H2,14,15)(H,18,19). The summed E-state index contributed by atoms with van der Waals surface area (Å²) in [5.74, 6) is -0.692. The number of aromatic nitrogens is 1. The highest BCUT2D eigenvalue weighted by molar-refractivity contribution is 5.67. The van der Waals surface area contributed by atoms with Crippen molar-refractivity contribution < 1.29 is 14.3 Å². The summed E-state index contributed by atoms with van der Waals surface area (Å²) < 4.78 is 13.4. The molecule has 19 heavy (non-hydrogen) atoms. The number of anilines is 2. The summed E-state index contributed by atoms with van der Waals surface area (Å²) >= 11 is 0. The third kappa shape index (κ3) is 2.54. The minimum Gasteiger partial charge on any atom is -0.465 e. The molecule has 0 atom stereocenters. The summed E-state index contributed by atoms with van der Waals surface area (Å²) in [6, 6.07) is 1.33. The average Bonchev–Trinajstić information content (AvgIpc) is 2.30. The summed E-state index contributed by atoms with van der Waals surface area (Å²) in [5, 5.41) is 9.13. The summed E-state index contributed by atoms with van der Waals surface area (Å²) in [7, 11) is 0. The van der Waals surface area contributed by atoms with Gasteiger partial charge < -0.3 is 15.7 Å². The van der Waals surface area contributed by atoms with Gasteiger partial charge in [0, 0.05) is 25.7 Å². The van der Waals surface area contributed by atoms with Crippen molar-refractivity contribution in [2.75, 3.05) is 30.3 Å². The lowest BCUT2D eigenvalue weighted by atomic mass is 9.99. The van der Waals surface area contributed by atoms with Crippen LogP contribution >= 0.6 is 0 Å². The van der Waals surface area contributed by atoms with Gasteiger partial charge in [0.15, 0.2) is 11.6 Å². The molecule has 0 aromatic carbocycles. The number of hydrogen-bond donors (Lipinski definition) is 2. The molecule has 0 saturated carbocycles. The Labute approximate surface area is 110 Å². The average molecular weight is 268 g/mol. The molecule has 104 valence electrons. The molecule has 0 aliphatic carbocycles. The molecule has 2 heterocycles. The molecule has 1 aromatic heterocycles. The van der Waals surface area contributed by atoms with Crippen molar-refractivity contribution in [1.82, 2.24) is 9.88 Å². The van der Waals surface area contributed by atoms with E-state index >= 15 is 0 Å². The largest absolute Gasteiger partial charge is 0.465 e. The summed E-state index contributed by atoms with van der Waals surface area (Å²) in [4.78, 5) is 18.2. The van der Waals surface area contributed by atoms with Crippen molar-refractivity contribution in [2.24, 2.45) is 0 Å². The third-order valence-electron chi connectivity index (χ3n) is 3.35. The van der Waals surface area contributed by atoms with Gasteiger partial charge in [-0.05, 0) is 13.8 Å². The first-order valence-electron chi connectivity index (χ1n) is 5.98. The molecular weight excluding hydrogens is 251 g/mol. The van der Waals surface area contributed by atoms with Gasteiger partial charge in [-0.15, -0.1) is 0 Å². The SMILES string of the molecule is CC1(C)CN(c2cnc(N)c(F)c2)CCN1C(=O)O. The van der Waals surface area contributed by atoms with Crippen LogP contribution in [0.3, 0.4) is 0 Å². The Morgan fingerprint density at radius 2 is 2.21 bits per heavy atom. The number of carboxylic acid groups (broad SMARTS) is 1. The summed E-state index contributed by atoms with van der Waals surface area (Å²) in [6.07, 6.45) is 0.566. The first kappa shape index (κ1) is 13.4. The number of amides is 1. The van der Waals surface area contributed by atoms with Crippen LogP contribution in [0.1, 0.15) is 13.8 Å². The molecule has 1 amide bonds. The van der Waals surface area contributed by atoms with E-state index in [0.717, 1.165) is 0 Å². The lowest BCUT2D eigenvalue weighted by Gasteiger charge is -2.46. The molecule has 7 heteroatoms. The molecular formula is C12H17FN4O2. The van der Waals surface area contributed by atoms with Gasteiger partial charge in [0.1, 0.15) is 0 Å². The minimum atomic E-state index is -0.939. The van der Waals surface area contributed by atoms with Gasteiger partial charge in [0.05, 0.1) is 17.4 Å². The lowest BCUT2D eigenvalue weighted by molar-refractivity contribution is 0.0845. The zero-order chi connectivity index (χ0) is 14.2. The highest BCUT2D eigenvalue weighted by atomic mass is 19.1. The molecule has 0 radical (unpaired) electrons. The monoisotopic (exact) mass is 268 g/mol. The second-order valence-electron chi connectivity index (χ2n) is 5.23. The molecule has 0 unspecified atom stereocenters. The third-order valence-corrected chi connectivity index (χ3v) is 3.35. The molecule has 0 spiro atoms. The molecule has 1 aromatic rings. The van der Waals surface area contributed by atoms with Crippen LogP contribution in [0.25, 0.3) is 0 Å². The number of nitrogens with zero attached hydrogens (tertiary/aromatic N) is 3. The van der Waals surface area contributed by atoms with Gasteiger partial charge >= 0.3 is 6.09 Å². The molecule has 0 bridgehead atoms. The van der Waals surface area contributed by atoms with Gasteiger partial charge in [-0.3, -0.25) is 4.90 Å². The normalized spacial score (nSPS) is 18.5. The topological polar surface area (TPSA) is 82.7 Å². The second kappa shape index (κ2) is 4.56. The molecule has 1 aliphatic rings. The second-order valence-corrected chi connectivity index (χ2v) is 5.23. The number of nitrogen functional groups attached to an aromatic ring is 1. The van der Waals surface area contributed by atoms with Crippen LogP contribution < -0.4 is 10.6 Å². The van der Waals surface area contributed by atoms with Crippen LogP contribution in [0, 0.1) is 5.82 Å². The Hall–Kier alpha value is -2.05. The Kier molecular flexibility index (Phi) is 3.21.